The Labute approximate surface area is 149 Å². The molecule has 0 unspecified atom stereocenters. The normalized spacial score (nSPS) is 11.2. The summed E-state index contributed by atoms with van der Waals surface area (Å²) < 4.78 is 7.67. The summed E-state index contributed by atoms with van der Waals surface area (Å²) in [6.07, 6.45) is 1.05. The van der Waals surface area contributed by atoms with Crippen LogP contribution in [0.1, 0.15) is 31.7 Å². The number of rotatable bonds is 4. The SMILES string of the molecule is CCC(=O)Nc1c(C)nn2c(-c3ccc(Cl)cc3Cl)c(CC)oc12. The maximum absolute atomic E-state index is 11.8. The van der Waals surface area contributed by atoms with Crippen LogP contribution in [0, 0.1) is 6.92 Å². The van der Waals surface area contributed by atoms with E-state index in [2.05, 4.69) is 10.4 Å². The molecule has 0 saturated heterocycles. The topological polar surface area (TPSA) is 59.5 Å². The predicted molar refractivity (Wildman–Crippen MR) is 95.9 cm³/mol. The highest BCUT2D eigenvalue weighted by atomic mass is 35.5. The van der Waals surface area contributed by atoms with Crippen molar-refractivity contribution in [2.75, 3.05) is 5.32 Å². The molecule has 3 rings (SSSR count). The first kappa shape index (κ1) is 16.9. The fourth-order valence-electron chi connectivity index (χ4n) is 2.59. The minimum atomic E-state index is -0.0893. The van der Waals surface area contributed by atoms with E-state index in [-0.39, 0.29) is 5.91 Å². The molecule has 7 heteroatoms. The molecule has 0 bridgehead atoms. The molecule has 1 aromatic carbocycles. The first-order valence-corrected chi connectivity index (χ1v) is 8.48. The van der Waals surface area contributed by atoms with E-state index in [1.54, 1.807) is 23.6 Å². The van der Waals surface area contributed by atoms with Crippen molar-refractivity contribution in [2.45, 2.75) is 33.6 Å². The van der Waals surface area contributed by atoms with Gasteiger partial charge in [0.1, 0.15) is 17.1 Å². The Morgan fingerprint density at radius 2 is 2.08 bits per heavy atom. The molecular formula is C17H17Cl2N3O2. The van der Waals surface area contributed by atoms with Gasteiger partial charge in [0.25, 0.3) is 0 Å². The van der Waals surface area contributed by atoms with Gasteiger partial charge in [0.2, 0.25) is 11.6 Å². The second-order valence-corrected chi connectivity index (χ2v) is 6.27. The molecule has 0 radical (unpaired) electrons. The van der Waals surface area contributed by atoms with Gasteiger partial charge in [-0.3, -0.25) is 4.79 Å². The molecular weight excluding hydrogens is 349 g/mol. The van der Waals surface area contributed by atoms with Crippen molar-refractivity contribution in [3.63, 3.8) is 0 Å². The number of aromatic nitrogens is 2. The first-order valence-electron chi connectivity index (χ1n) is 7.72. The van der Waals surface area contributed by atoms with Crippen LogP contribution in [0.5, 0.6) is 0 Å². The zero-order valence-corrected chi connectivity index (χ0v) is 15.1. The molecule has 0 aliphatic heterocycles. The number of nitrogens with one attached hydrogen (secondary N) is 1. The molecule has 3 aromatic rings. The zero-order valence-electron chi connectivity index (χ0n) is 13.6. The number of fused-ring (bicyclic) bond motifs is 1. The van der Waals surface area contributed by atoms with Crippen LogP contribution in [0.4, 0.5) is 5.69 Å². The lowest BCUT2D eigenvalue weighted by Gasteiger charge is -2.04. The van der Waals surface area contributed by atoms with Crippen LogP contribution in [0.25, 0.3) is 17.0 Å². The van der Waals surface area contributed by atoms with E-state index in [1.165, 1.54) is 0 Å². The number of anilines is 1. The van der Waals surface area contributed by atoms with Crippen molar-refractivity contribution in [1.82, 2.24) is 9.61 Å². The molecule has 126 valence electrons. The number of aryl methyl sites for hydroxylation is 2. The predicted octanol–water partition coefficient (Wildman–Crippen LogP) is 5.12. The van der Waals surface area contributed by atoms with Crippen LogP contribution in [-0.2, 0) is 11.2 Å². The van der Waals surface area contributed by atoms with Crippen LogP contribution in [0.15, 0.2) is 22.6 Å². The summed E-state index contributed by atoms with van der Waals surface area (Å²) in [5, 5.41) is 8.46. The number of hydrogen-bond acceptors (Lipinski definition) is 3. The van der Waals surface area contributed by atoms with E-state index < -0.39 is 0 Å². The number of benzene rings is 1. The minimum Gasteiger partial charge on any atom is -0.439 e. The summed E-state index contributed by atoms with van der Waals surface area (Å²) in [5.74, 6) is 0.655. The van der Waals surface area contributed by atoms with Gasteiger partial charge >= 0.3 is 0 Å². The lowest BCUT2D eigenvalue weighted by Crippen LogP contribution is -2.09. The third-order valence-corrected chi connectivity index (χ3v) is 4.35. The molecule has 0 saturated carbocycles. The van der Waals surface area contributed by atoms with Crippen LogP contribution in [0.3, 0.4) is 0 Å². The number of oxazole rings is 1. The standard InChI is InChI=1S/C17H17Cl2N3O2/c1-4-13-16(11-7-6-10(18)8-12(11)19)22-17(24-13)15(9(3)21-22)20-14(23)5-2/h6-8H,4-5H2,1-3H3,(H,20,23). The highest BCUT2D eigenvalue weighted by Gasteiger charge is 2.23. The second kappa shape index (κ2) is 6.49. The number of hydrogen-bond donors (Lipinski definition) is 1. The molecule has 24 heavy (non-hydrogen) atoms. The summed E-state index contributed by atoms with van der Waals surface area (Å²) in [5.41, 5.74) is 3.34. The molecule has 1 amide bonds. The lowest BCUT2D eigenvalue weighted by molar-refractivity contribution is -0.115. The average molecular weight is 366 g/mol. The van der Waals surface area contributed by atoms with E-state index in [0.717, 1.165) is 17.0 Å². The molecule has 0 spiro atoms. The zero-order chi connectivity index (χ0) is 17.4. The highest BCUT2D eigenvalue weighted by molar-refractivity contribution is 6.36. The second-order valence-electron chi connectivity index (χ2n) is 5.43. The summed E-state index contributed by atoms with van der Waals surface area (Å²) >= 11 is 12.4. The molecule has 0 aliphatic carbocycles. The van der Waals surface area contributed by atoms with Gasteiger partial charge in [-0.2, -0.15) is 9.61 Å². The first-order chi connectivity index (χ1) is 11.5. The maximum atomic E-state index is 11.8. The smallest absolute Gasteiger partial charge is 0.246 e. The molecule has 0 atom stereocenters. The third kappa shape index (κ3) is 2.78. The minimum absolute atomic E-state index is 0.0893. The summed E-state index contributed by atoms with van der Waals surface area (Å²) in [4.78, 5) is 11.8. The van der Waals surface area contributed by atoms with Crippen molar-refractivity contribution in [3.05, 3.63) is 39.7 Å². The Balaban J connectivity index is 2.24. The number of carbonyl (C=O) groups is 1. The van der Waals surface area contributed by atoms with Gasteiger partial charge in [-0.25, -0.2) is 0 Å². The van der Waals surface area contributed by atoms with Crippen LogP contribution >= 0.6 is 23.2 Å². The number of carbonyl (C=O) groups excluding carboxylic acids is 1. The van der Waals surface area contributed by atoms with Gasteiger partial charge in [0, 0.05) is 23.4 Å². The maximum Gasteiger partial charge on any atom is 0.246 e. The van der Waals surface area contributed by atoms with E-state index in [1.807, 2.05) is 19.9 Å². The molecule has 1 N–H and O–H groups in total. The number of halogens is 2. The van der Waals surface area contributed by atoms with Crippen LogP contribution < -0.4 is 5.32 Å². The van der Waals surface area contributed by atoms with Crippen molar-refractivity contribution >= 4 is 40.5 Å². The lowest BCUT2D eigenvalue weighted by atomic mass is 10.1. The molecule has 2 heterocycles. The van der Waals surface area contributed by atoms with Gasteiger partial charge in [-0.05, 0) is 25.1 Å². The average Bonchev–Trinajstić information content (AvgIpc) is 3.04. The number of nitrogens with zero attached hydrogens (tertiary/aromatic N) is 2. The Bertz CT molecular complexity index is 928. The summed E-state index contributed by atoms with van der Waals surface area (Å²) in [7, 11) is 0. The quantitative estimate of drug-likeness (QED) is 0.697. The van der Waals surface area contributed by atoms with Crippen molar-refractivity contribution in [3.8, 4) is 11.3 Å². The van der Waals surface area contributed by atoms with Crippen molar-refractivity contribution in [1.29, 1.82) is 0 Å². The van der Waals surface area contributed by atoms with E-state index >= 15 is 0 Å². The van der Waals surface area contributed by atoms with E-state index in [0.29, 0.717) is 40.0 Å². The number of amides is 1. The Morgan fingerprint density at radius 3 is 2.71 bits per heavy atom. The highest BCUT2D eigenvalue weighted by Crippen LogP contribution is 2.37. The Kier molecular flexibility index (Phi) is 4.56. The van der Waals surface area contributed by atoms with Crippen LogP contribution in [-0.4, -0.2) is 15.5 Å². The largest absolute Gasteiger partial charge is 0.439 e. The van der Waals surface area contributed by atoms with Crippen molar-refractivity contribution in [2.24, 2.45) is 0 Å². The van der Waals surface area contributed by atoms with E-state index in [4.69, 9.17) is 27.6 Å². The van der Waals surface area contributed by atoms with Crippen LogP contribution in [0.2, 0.25) is 10.0 Å². The monoisotopic (exact) mass is 365 g/mol. The van der Waals surface area contributed by atoms with Gasteiger partial charge in [-0.15, -0.1) is 0 Å². The summed E-state index contributed by atoms with van der Waals surface area (Å²) in [6.45, 7) is 5.61. The van der Waals surface area contributed by atoms with Crippen molar-refractivity contribution < 1.29 is 9.21 Å². The Morgan fingerprint density at radius 1 is 1.33 bits per heavy atom. The Hall–Kier alpha value is -1.98. The molecule has 0 aliphatic rings. The molecule has 0 fully saturated rings. The fraction of sp³-hybridized carbons (Fsp3) is 0.294. The van der Waals surface area contributed by atoms with Gasteiger partial charge < -0.3 is 9.73 Å². The molecule has 5 nitrogen and oxygen atoms in total. The third-order valence-electron chi connectivity index (χ3n) is 3.81. The fourth-order valence-corrected chi connectivity index (χ4v) is 3.09. The molecule has 2 aromatic heterocycles. The summed E-state index contributed by atoms with van der Waals surface area (Å²) in [6, 6.07) is 5.31. The van der Waals surface area contributed by atoms with Gasteiger partial charge in [-0.1, -0.05) is 37.0 Å². The van der Waals surface area contributed by atoms with Gasteiger partial charge in [0.15, 0.2) is 0 Å². The van der Waals surface area contributed by atoms with E-state index in [9.17, 15) is 4.79 Å². The van der Waals surface area contributed by atoms with Gasteiger partial charge in [0.05, 0.1) is 10.7 Å².